The molecule has 5 heteroatoms. The SMILES string of the molecule is Cc1cc(C)cc(N2C(=O)C(c3ccc(C)cc3C)=C(N3CCN(C)CC3)C2=O)c1. The Morgan fingerprint density at radius 1 is 0.733 bits per heavy atom. The second kappa shape index (κ2) is 7.73. The summed E-state index contributed by atoms with van der Waals surface area (Å²) in [7, 11) is 2.08. The lowest BCUT2D eigenvalue weighted by Crippen LogP contribution is -2.46. The average molecular weight is 404 g/mol. The van der Waals surface area contributed by atoms with Crippen molar-refractivity contribution in [3.8, 4) is 0 Å². The van der Waals surface area contributed by atoms with Crippen molar-refractivity contribution < 1.29 is 9.59 Å². The summed E-state index contributed by atoms with van der Waals surface area (Å²) >= 11 is 0. The molecule has 1 saturated heterocycles. The maximum absolute atomic E-state index is 13.7. The molecule has 2 aromatic rings. The van der Waals surface area contributed by atoms with Crippen LogP contribution in [0.2, 0.25) is 0 Å². The minimum atomic E-state index is -0.231. The summed E-state index contributed by atoms with van der Waals surface area (Å²) in [6.45, 7) is 11.2. The van der Waals surface area contributed by atoms with Crippen molar-refractivity contribution in [3.05, 3.63) is 69.9 Å². The Bertz CT molecular complexity index is 1040. The van der Waals surface area contributed by atoms with Gasteiger partial charge in [0.25, 0.3) is 11.8 Å². The van der Waals surface area contributed by atoms with Crippen LogP contribution in [0.5, 0.6) is 0 Å². The number of likely N-dealkylation sites (N-methyl/N-ethyl adjacent to an activating group) is 1. The van der Waals surface area contributed by atoms with Crippen LogP contribution >= 0.6 is 0 Å². The standard InChI is InChI=1S/C25H29N3O2/c1-16-6-7-21(19(4)13-16)22-23(27-10-8-26(5)9-11-27)25(30)28(24(22)29)20-14-17(2)12-18(3)15-20/h6-7,12-15H,8-11H2,1-5H3. The van der Waals surface area contributed by atoms with Crippen molar-refractivity contribution in [1.29, 1.82) is 0 Å². The van der Waals surface area contributed by atoms with E-state index in [2.05, 4.69) is 22.9 Å². The number of imide groups is 1. The highest BCUT2D eigenvalue weighted by Crippen LogP contribution is 2.37. The topological polar surface area (TPSA) is 43.9 Å². The lowest BCUT2D eigenvalue weighted by molar-refractivity contribution is -0.120. The molecule has 0 spiro atoms. The Kier molecular flexibility index (Phi) is 5.24. The molecule has 0 radical (unpaired) electrons. The third-order valence-electron chi connectivity index (χ3n) is 5.99. The van der Waals surface area contributed by atoms with E-state index in [-0.39, 0.29) is 11.8 Å². The molecular formula is C25H29N3O2. The Labute approximate surface area is 178 Å². The smallest absolute Gasteiger partial charge is 0.282 e. The van der Waals surface area contributed by atoms with Gasteiger partial charge in [-0.3, -0.25) is 9.59 Å². The van der Waals surface area contributed by atoms with Gasteiger partial charge in [-0.1, -0.05) is 29.8 Å². The van der Waals surface area contributed by atoms with Crippen LogP contribution in [0, 0.1) is 27.7 Å². The summed E-state index contributed by atoms with van der Waals surface area (Å²) in [6.07, 6.45) is 0. The number of carbonyl (C=O) groups excluding carboxylic acids is 2. The number of anilines is 1. The van der Waals surface area contributed by atoms with Gasteiger partial charge in [-0.25, -0.2) is 4.90 Å². The van der Waals surface area contributed by atoms with E-state index in [1.54, 1.807) is 0 Å². The maximum Gasteiger partial charge on any atom is 0.282 e. The molecule has 156 valence electrons. The van der Waals surface area contributed by atoms with Crippen LogP contribution in [0.1, 0.15) is 27.8 Å². The molecule has 5 nitrogen and oxygen atoms in total. The highest BCUT2D eigenvalue weighted by molar-refractivity contribution is 6.45. The summed E-state index contributed by atoms with van der Waals surface area (Å²) in [5.41, 5.74) is 6.79. The number of aryl methyl sites for hydroxylation is 4. The summed E-state index contributed by atoms with van der Waals surface area (Å²) in [5, 5.41) is 0. The maximum atomic E-state index is 13.7. The third kappa shape index (κ3) is 3.54. The van der Waals surface area contributed by atoms with E-state index in [0.29, 0.717) is 17.0 Å². The fourth-order valence-corrected chi connectivity index (χ4v) is 4.49. The minimum absolute atomic E-state index is 0.218. The number of hydrogen-bond acceptors (Lipinski definition) is 4. The van der Waals surface area contributed by atoms with Gasteiger partial charge in [-0.05, 0) is 69.1 Å². The summed E-state index contributed by atoms with van der Waals surface area (Å²) in [5.74, 6) is -0.449. The molecule has 2 heterocycles. The van der Waals surface area contributed by atoms with E-state index in [1.165, 1.54) is 4.90 Å². The van der Waals surface area contributed by atoms with Crippen LogP contribution in [0.4, 0.5) is 5.69 Å². The fourth-order valence-electron chi connectivity index (χ4n) is 4.49. The molecule has 2 aromatic carbocycles. The Morgan fingerprint density at radius 2 is 1.37 bits per heavy atom. The second-order valence-electron chi connectivity index (χ2n) is 8.62. The molecule has 0 aromatic heterocycles. The molecule has 1 fully saturated rings. The molecule has 0 N–H and O–H groups in total. The van der Waals surface area contributed by atoms with E-state index >= 15 is 0 Å². The van der Waals surface area contributed by atoms with Gasteiger partial charge in [0.1, 0.15) is 5.70 Å². The number of carbonyl (C=O) groups is 2. The third-order valence-corrected chi connectivity index (χ3v) is 5.99. The van der Waals surface area contributed by atoms with Crippen molar-refractivity contribution in [2.75, 3.05) is 38.1 Å². The first kappa shape index (κ1) is 20.4. The molecule has 4 rings (SSSR count). The van der Waals surface area contributed by atoms with E-state index in [1.807, 2.05) is 58.0 Å². The van der Waals surface area contributed by atoms with E-state index in [9.17, 15) is 9.59 Å². The number of piperazine rings is 1. The van der Waals surface area contributed by atoms with Gasteiger partial charge in [0.05, 0.1) is 11.3 Å². The van der Waals surface area contributed by atoms with Crippen LogP contribution < -0.4 is 4.90 Å². The first-order chi connectivity index (χ1) is 14.3. The van der Waals surface area contributed by atoms with Gasteiger partial charge in [0, 0.05) is 26.2 Å². The largest absolute Gasteiger partial charge is 0.364 e. The van der Waals surface area contributed by atoms with Crippen molar-refractivity contribution in [2.24, 2.45) is 0 Å². The molecule has 0 saturated carbocycles. The van der Waals surface area contributed by atoms with Gasteiger partial charge in [-0.2, -0.15) is 0 Å². The molecule has 2 amide bonds. The quantitative estimate of drug-likeness (QED) is 0.737. The predicted molar refractivity (Wildman–Crippen MR) is 120 cm³/mol. The average Bonchev–Trinajstić information content (AvgIpc) is 2.92. The van der Waals surface area contributed by atoms with Crippen molar-refractivity contribution in [3.63, 3.8) is 0 Å². The van der Waals surface area contributed by atoms with Crippen molar-refractivity contribution >= 4 is 23.1 Å². The first-order valence-electron chi connectivity index (χ1n) is 10.5. The molecule has 2 aliphatic rings. The number of rotatable bonds is 3. The second-order valence-corrected chi connectivity index (χ2v) is 8.62. The zero-order chi connectivity index (χ0) is 21.6. The molecule has 2 aliphatic heterocycles. The number of hydrogen-bond donors (Lipinski definition) is 0. The normalized spacial score (nSPS) is 18.0. The molecule has 0 unspecified atom stereocenters. The lowest BCUT2D eigenvalue weighted by atomic mass is 9.97. The van der Waals surface area contributed by atoms with Gasteiger partial charge in [0.2, 0.25) is 0 Å². The Morgan fingerprint density at radius 3 is 1.97 bits per heavy atom. The molecule has 0 bridgehead atoms. The first-order valence-corrected chi connectivity index (χ1v) is 10.5. The Balaban J connectivity index is 1.86. The molecular weight excluding hydrogens is 374 g/mol. The summed E-state index contributed by atoms with van der Waals surface area (Å²) < 4.78 is 0. The summed E-state index contributed by atoms with van der Waals surface area (Å²) in [6, 6.07) is 11.9. The Hall–Kier alpha value is -2.92. The summed E-state index contributed by atoms with van der Waals surface area (Å²) in [4.78, 5) is 33.1. The van der Waals surface area contributed by atoms with Gasteiger partial charge in [0.15, 0.2) is 0 Å². The molecule has 30 heavy (non-hydrogen) atoms. The zero-order valence-electron chi connectivity index (χ0n) is 18.5. The molecule has 0 atom stereocenters. The molecule has 0 aliphatic carbocycles. The number of benzene rings is 2. The van der Waals surface area contributed by atoms with E-state index in [0.717, 1.165) is 54.0 Å². The van der Waals surface area contributed by atoms with Gasteiger partial charge < -0.3 is 9.80 Å². The van der Waals surface area contributed by atoms with Crippen LogP contribution in [0.15, 0.2) is 42.1 Å². The van der Waals surface area contributed by atoms with Crippen LogP contribution in [-0.4, -0.2) is 54.8 Å². The van der Waals surface area contributed by atoms with Crippen LogP contribution in [0.25, 0.3) is 5.57 Å². The van der Waals surface area contributed by atoms with Crippen LogP contribution in [-0.2, 0) is 9.59 Å². The van der Waals surface area contributed by atoms with E-state index < -0.39 is 0 Å². The number of nitrogens with zero attached hydrogens (tertiary/aromatic N) is 3. The van der Waals surface area contributed by atoms with Crippen molar-refractivity contribution in [2.45, 2.75) is 27.7 Å². The van der Waals surface area contributed by atoms with Gasteiger partial charge >= 0.3 is 0 Å². The monoisotopic (exact) mass is 403 g/mol. The van der Waals surface area contributed by atoms with Gasteiger partial charge in [-0.15, -0.1) is 0 Å². The highest BCUT2D eigenvalue weighted by Gasteiger charge is 2.43. The minimum Gasteiger partial charge on any atom is -0.364 e. The lowest BCUT2D eigenvalue weighted by Gasteiger charge is -2.34. The fraction of sp³-hybridized carbons (Fsp3) is 0.360. The highest BCUT2D eigenvalue weighted by atomic mass is 16.2. The van der Waals surface area contributed by atoms with E-state index in [4.69, 9.17) is 0 Å². The predicted octanol–water partition coefficient (Wildman–Crippen LogP) is 3.45. The number of amides is 2. The zero-order valence-corrected chi connectivity index (χ0v) is 18.5. The van der Waals surface area contributed by atoms with Crippen molar-refractivity contribution in [1.82, 2.24) is 9.80 Å². The van der Waals surface area contributed by atoms with Crippen LogP contribution in [0.3, 0.4) is 0 Å².